The van der Waals surface area contributed by atoms with Crippen LogP contribution in [0, 0.1) is 0 Å². The zero-order valence-electron chi connectivity index (χ0n) is 16.4. The van der Waals surface area contributed by atoms with E-state index in [1.54, 1.807) is 0 Å². The van der Waals surface area contributed by atoms with E-state index in [-0.39, 0.29) is 6.17 Å². The molecule has 4 rings (SSSR count). The Kier molecular flexibility index (Phi) is 5.29. The summed E-state index contributed by atoms with van der Waals surface area (Å²) in [6, 6.07) is 31.8. The Bertz CT molecular complexity index is 860. The lowest BCUT2D eigenvalue weighted by Crippen LogP contribution is -2.46. The van der Waals surface area contributed by atoms with Crippen molar-refractivity contribution in [2.45, 2.75) is 6.17 Å². The maximum Gasteiger partial charge on any atom is 0.148 e. The van der Waals surface area contributed by atoms with Gasteiger partial charge in [-0.05, 0) is 24.3 Å². The third-order valence-electron chi connectivity index (χ3n) is 4.97. The summed E-state index contributed by atoms with van der Waals surface area (Å²) in [5.74, 6) is 0. The predicted molar refractivity (Wildman–Crippen MR) is 118 cm³/mol. The van der Waals surface area contributed by atoms with E-state index in [9.17, 15) is 0 Å². The van der Waals surface area contributed by atoms with Gasteiger partial charge in [0.25, 0.3) is 0 Å². The van der Waals surface area contributed by atoms with Crippen LogP contribution in [-0.4, -0.2) is 44.1 Å². The summed E-state index contributed by atoms with van der Waals surface area (Å²) in [6.45, 7) is 1.89. The SMILES string of the molecule is CN(C)/N=C(\c1ccccc1)C1N(c2ccccc2)CCN1c1ccccc1. The average molecular weight is 371 g/mol. The highest BCUT2D eigenvalue weighted by atomic mass is 15.5. The molecule has 0 bridgehead atoms. The fourth-order valence-electron chi connectivity index (χ4n) is 3.79. The van der Waals surface area contributed by atoms with Gasteiger partial charge in [0, 0.05) is 44.1 Å². The Hall–Kier alpha value is -3.27. The summed E-state index contributed by atoms with van der Waals surface area (Å²) in [6.07, 6.45) is 0.0228. The van der Waals surface area contributed by atoms with E-state index >= 15 is 0 Å². The number of hydrogen-bond donors (Lipinski definition) is 0. The Morgan fingerprint density at radius 3 is 1.57 bits per heavy atom. The molecule has 142 valence electrons. The molecule has 3 aromatic rings. The second kappa shape index (κ2) is 8.17. The van der Waals surface area contributed by atoms with Crippen molar-refractivity contribution in [1.82, 2.24) is 5.01 Å². The molecule has 0 saturated carbocycles. The number of hydrazone groups is 1. The highest BCUT2D eigenvalue weighted by Gasteiger charge is 2.37. The molecule has 0 N–H and O–H groups in total. The molecule has 0 amide bonds. The zero-order chi connectivity index (χ0) is 19.3. The summed E-state index contributed by atoms with van der Waals surface area (Å²) in [4.78, 5) is 4.89. The van der Waals surface area contributed by atoms with Crippen LogP contribution < -0.4 is 9.80 Å². The first kappa shape index (κ1) is 18.1. The Labute approximate surface area is 167 Å². The lowest BCUT2D eigenvalue weighted by Gasteiger charge is -2.34. The van der Waals surface area contributed by atoms with Gasteiger partial charge in [-0.3, -0.25) is 0 Å². The summed E-state index contributed by atoms with van der Waals surface area (Å²) in [5.41, 5.74) is 4.63. The fraction of sp³-hybridized carbons (Fsp3) is 0.208. The molecule has 1 aliphatic rings. The molecule has 0 aliphatic carbocycles. The smallest absolute Gasteiger partial charge is 0.148 e. The first-order chi connectivity index (χ1) is 13.7. The van der Waals surface area contributed by atoms with Crippen molar-refractivity contribution < 1.29 is 0 Å². The summed E-state index contributed by atoms with van der Waals surface area (Å²) < 4.78 is 0. The molecule has 1 heterocycles. The van der Waals surface area contributed by atoms with E-state index in [0.29, 0.717) is 0 Å². The third-order valence-corrected chi connectivity index (χ3v) is 4.97. The third kappa shape index (κ3) is 3.72. The molecule has 0 unspecified atom stereocenters. The van der Waals surface area contributed by atoms with Gasteiger partial charge in [0.05, 0.1) is 0 Å². The van der Waals surface area contributed by atoms with Gasteiger partial charge in [-0.15, -0.1) is 0 Å². The van der Waals surface area contributed by atoms with E-state index in [4.69, 9.17) is 5.10 Å². The molecule has 0 spiro atoms. The van der Waals surface area contributed by atoms with Crippen LogP contribution in [0.4, 0.5) is 11.4 Å². The number of anilines is 2. The number of hydrogen-bond acceptors (Lipinski definition) is 4. The number of rotatable bonds is 5. The molecule has 0 radical (unpaired) electrons. The number of para-hydroxylation sites is 2. The van der Waals surface area contributed by atoms with Crippen LogP contribution in [0.15, 0.2) is 96.1 Å². The van der Waals surface area contributed by atoms with Gasteiger partial charge >= 0.3 is 0 Å². The maximum atomic E-state index is 4.95. The minimum Gasteiger partial charge on any atom is -0.344 e. The fourth-order valence-corrected chi connectivity index (χ4v) is 3.79. The van der Waals surface area contributed by atoms with Gasteiger partial charge in [-0.2, -0.15) is 5.10 Å². The van der Waals surface area contributed by atoms with Gasteiger partial charge in [0.2, 0.25) is 0 Å². The largest absolute Gasteiger partial charge is 0.344 e. The van der Waals surface area contributed by atoms with Crippen molar-refractivity contribution in [2.24, 2.45) is 5.10 Å². The van der Waals surface area contributed by atoms with Crippen molar-refractivity contribution in [1.29, 1.82) is 0 Å². The zero-order valence-corrected chi connectivity index (χ0v) is 16.4. The number of nitrogens with zero attached hydrogens (tertiary/aromatic N) is 4. The minimum absolute atomic E-state index is 0.0228. The molecule has 0 aromatic heterocycles. The molecule has 3 aromatic carbocycles. The van der Waals surface area contributed by atoms with Crippen LogP contribution in [0.1, 0.15) is 5.56 Å². The highest BCUT2D eigenvalue weighted by molar-refractivity contribution is 6.08. The molecule has 4 nitrogen and oxygen atoms in total. The lowest BCUT2D eigenvalue weighted by molar-refractivity contribution is 0.435. The van der Waals surface area contributed by atoms with Gasteiger partial charge in [-0.25, -0.2) is 0 Å². The van der Waals surface area contributed by atoms with Crippen molar-refractivity contribution in [2.75, 3.05) is 37.0 Å². The first-order valence-corrected chi connectivity index (χ1v) is 9.68. The summed E-state index contributed by atoms with van der Waals surface area (Å²) >= 11 is 0. The first-order valence-electron chi connectivity index (χ1n) is 9.68. The van der Waals surface area contributed by atoms with Crippen LogP contribution in [0.2, 0.25) is 0 Å². The van der Waals surface area contributed by atoms with Crippen LogP contribution in [0.3, 0.4) is 0 Å². The van der Waals surface area contributed by atoms with E-state index in [2.05, 4.69) is 101 Å². The van der Waals surface area contributed by atoms with Gasteiger partial charge < -0.3 is 14.8 Å². The predicted octanol–water partition coefficient (Wildman–Crippen LogP) is 4.31. The topological polar surface area (TPSA) is 22.1 Å². The second-order valence-electron chi connectivity index (χ2n) is 7.13. The average Bonchev–Trinajstić information content (AvgIpc) is 3.18. The molecule has 1 aliphatic heterocycles. The molecular formula is C24H26N4. The van der Waals surface area contributed by atoms with Gasteiger partial charge in [0.1, 0.15) is 11.9 Å². The van der Waals surface area contributed by atoms with Crippen molar-refractivity contribution in [3.05, 3.63) is 96.6 Å². The molecule has 1 saturated heterocycles. The van der Waals surface area contributed by atoms with Crippen molar-refractivity contribution in [3.63, 3.8) is 0 Å². The molecule has 28 heavy (non-hydrogen) atoms. The molecule has 4 heteroatoms. The van der Waals surface area contributed by atoms with E-state index in [1.807, 2.05) is 19.1 Å². The Morgan fingerprint density at radius 1 is 0.714 bits per heavy atom. The number of benzene rings is 3. The van der Waals surface area contributed by atoms with Crippen molar-refractivity contribution in [3.8, 4) is 0 Å². The van der Waals surface area contributed by atoms with E-state index in [0.717, 1.165) is 24.4 Å². The molecule has 0 atom stereocenters. The van der Waals surface area contributed by atoms with E-state index < -0.39 is 0 Å². The minimum atomic E-state index is 0.0228. The van der Waals surface area contributed by atoms with Gasteiger partial charge in [-0.1, -0.05) is 66.7 Å². The monoisotopic (exact) mass is 370 g/mol. The quantitative estimate of drug-likeness (QED) is 0.494. The Balaban J connectivity index is 1.84. The normalized spacial score (nSPS) is 15.1. The highest BCUT2D eigenvalue weighted by Crippen LogP contribution is 2.30. The van der Waals surface area contributed by atoms with Crippen LogP contribution in [0.25, 0.3) is 0 Å². The van der Waals surface area contributed by atoms with Crippen molar-refractivity contribution >= 4 is 17.1 Å². The second-order valence-corrected chi connectivity index (χ2v) is 7.13. The Morgan fingerprint density at radius 2 is 1.14 bits per heavy atom. The maximum absolute atomic E-state index is 4.95. The van der Waals surface area contributed by atoms with Crippen LogP contribution in [0.5, 0.6) is 0 Å². The van der Waals surface area contributed by atoms with Crippen LogP contribution in [-0.2, 0) is 0 Å². The summed E-state index contributed by atoms with van der Waals surface area (Å²) in [5, 5.41) is 6.84. The standard InChI is InChI=1S/C24H26N4/c1-26(2)25-23(20-12-6-3-7-13-20)24-27(21-14-8-4-9-15-21)18-19-28(24)22-16-10-5-11-17-22/h3-17,24H,18-19H2,1-2H3/b25-23+. The molecular weight excluding hydrogens is 344 g/mol. The molecule has 1 fully saturated rings. The van der Waals surface area contributed by atoms with E-state index in [1.165, 1.54) is 11.4 Å². The van der Waals surface area contributed by atoms with Gasteiger partial charge in [0.15, 0.2) is 0 Å². The van der Waals surface area contributed by atoms with Crippen LogP contribution >= 0.6 is 0 Å². The summed E-state index contributed by atoms with van der Waals surface area (Å²) in [7, 11) is 3.97. The lowest BCUT2D eigenvalue weighted by atomic mass is 10.1.